The molecular formula is C42H82O5. The SMILES string of the molecule is CCCCCCCCCCCCCCCCC(=O)OC[C@H](O)COC(=O)CCCCCCCCCCCCCCCCCCC(C)C. The van der Waals surface area contributed by atoms with Gasteiger partial charge in [-0.25, -0.2) is 0 Å². The second kappa shape index (κ2) is 37.7. The van der Waals surface area contributed by atoms with Crippen LogP contribution in [0.25, 0.3) is 0 Å². The molecule has 0 aliphatic heterocycles. The molecule has 5 heteroatoms. The van der Waals surface area contributed by atoms with Crippen LogP contribution in [-0.4, -0.2) is 36.4 Å². The van der Waals surface area contributed by atoms with E-state index in [2.05, 4.69) is 20.8 Å². The number of ether oxygens (including phenoxy) is 2. The third-order valence-electron chi connectivity index (χ3n) is 9.52. The van der Waals surface area contributed by atoms with Crippen LogP contribution in [0.5, 0.6) is 0 Å². The normalized spacial score (nSPS) is 12.1. The monoisotopic (exact) mass is 667 g/mol. The first kappa shape index (κ1) is 45.9. The molecule has 5 nitrogen and oxygen atoms in total. The molecule has 0 fully saturated rings. The van der Waals surface area contributed by atoms with Crippen molar-refractivity contribution in [3.05, 3.63) is 0 Å². The van der Waals surface area contributed by atoms with Gasteiger partial charge in [0.2, 0.25) is 0 Å². The minimum Gasteiger partial charge on any atom is -0.463 e. The summed E-state index contributed by atoms with van der Waals surface area (Å²) in [6.07, 6.45) is 40.2. The Balaban J connectivity index is 3.36. The third-order valence-corrected chi connectivity index (χ3v) is 9.52. The maximum Gasteiger partial charge on any atom is 0.305 e. The van der Waals surface area contributed by atoms with E-state index in [1.807, 2.05) is 0 Å². The molecule has 1 atom stereocenters. The number of rotatable bonds is 38. The van der Waals surface area contributed by atoms with Crippen LogP contribution in [0.2, 0.25) is 0 Å². The lowest BCUT2D eigenvalue weighted by atomic mass is 10.0. The number of carbonyl (C=O) groups excluding carboxylic acids is 2. The fourth-order valence-corrected chi connectivity index (χ4v) is 6.33. The van der Waals surface area contributed by atoms with Gasteiger partial charge in [0.1, 0.15) is 19.3 Å². The zero-order valence-electron chi connectivity index (χ0n) is 32.0. The predicted molar refractivity (Wildman–Crippen MR) is 201 cm³/mol. The summed E-state index contributed by atoms with van der Waals surface area (Å²) in [5.74, 6) is 0.310. The summed E-state index contributed by atoms with van der Waals surface area (Å²) in [4.78, 5) is 23.9. The summed E-state index contributed by atoms with van der Waals surface area (Å²) < 4.78 is 10.4. The molecule has 0 radical (unpaired) electrons. The van der Waals surface area contributed by atoms with E-state index in [0.717, 1.165) is 31.6 Å². The Morgan fingerprint density at radius 2 is 0.681 bits per heavy atom. The molecule has 1 N–H and O–H groups in total. The van der Waals surface area contributed by atoms with Crippen molar-refractivity contribution in [1.82, 2.24) is 0 Å². The van der Waals surface area contributed by atoms with Crippen LogP contribution >= 0.6 is 0 Å². The smallest absolute Gasteiger partial charge is 0.305 e. The molecule has 0 saturated carbocycles. The summed E-state index contributed by atoms with van der Waals surface area (Å²) in [5, 5.41) is 10.0. The molecule has 0 heterocycles. The van der Waals surface area contributed by atoms with E-state index < -0.39 is 6.10 Å². The summed E-state index contributed by atoms with van der Waals surface area (Å²) >= 11 is 0. The number of aliphatic hydroxyl groups excluding tert-OH is 1. The molecule has 0 aromatic heterocycles. The van der Waals surface area contributed by atoms with E-state index in [1.54, 1.807) is 0 Å². The zero-order valence-corrected chi connectivity index (χ0v) is 32.0. The van der Waals surface area contributed by atoms with Crippen LogP contribution in [0.3, 0.4) is 0 Å². The summed E-state index contributed by atoms with van der Waals surface area (Å²) in [6, 6.07) is 0. The molecule has 0 aromatic carbocycles. The Morgan fingerprint density at radius 3 is 0.957 bits per heavy atom. The van der Waals surface area contributed by atoms with Crippen molar-refractivity contribution in [2.45, 2.75) is 239 Å². The van der Waals surface area contributed by atoms with Gasteiger partial charge in [0.15, 0.2) is 0 Å². The minimum absolute atomic E-state index is 0.108. The number of carbonyl (C=O) groups is 2. The fraction of sp³-hybridized carbons (Fsp3) is 0.952. The van der Waals surface area contributed by atoms with Gasteiger partial charge < -0.3 is 14.6 Å². The van der Waals surface area contributed by atoms with Gasteiger partial charge in [0.05, 0.1) is 0 Å². The number of hydrogen-bond donors (Lipinski definition) is 1. The van der Waals surface area contributed by atoms with Crippen molar-refractivity contribution < 1.29 is 24.2 Å². The maximum atomic E-state index is 12.0. The highest BCUT2D eigenvalue weighted by atomic mass is 16.6. The molecule has 0 bridgehead atoms. The molecule has 0 aromatic rings. The van der Waals surface area contributed by atoms with Gasteiger partial charge in [-0.3, -0.25) is 9.59 Å². The van der Waals surface area contributed by atoms with Gasteiger partial charge >= 0.3 is 11.9 Å². The van der Waals surface area contributed by atoms with Gasteiger partial charge in [0.25, 0.3) is 0 Å². The molecular weight excluding hydrogens is 584 g/mol. The first-order valence-corrected chi connectivity index (χ1v) is 20.9. The Labute approximate surface area is 293 Å². The lowest BCUT2D eigenvalue weighted by Crippen LogP contribution is -2.25. The molecule has 0 aliphatic carbocycles. The third kappa shape index (κ3) is 39.2. The largest absolute Gasteiger partial charge is 0.463 e. The van der Waals surface area contributed by atoms with E-state index in [-0.39, 0.29) is 25.2 Å². The van der Waals surface area contributed by atoms with Crippen molar-refractivity contribution in [1.29, 1.82) is 0 Å². The van der Waals surface area contributed by atoms with Crippen molar-refractivity contribution in [2.75, 3.05) is 13.2 Å². The fourth-order valence-electron chi connectivity index (χ4n) is 6.33. The topological polar surface area (TPSA) is 72.8 Å². The molecule has 0 aliphatic rings. The van der Waals surface area contributed by atoms with E-state index in [0.29, 0.717) is 12.8 Å². The van der Waals surface area contributed by atoms with Crippen LogP contribution < -0.4 is 0 Å². The van der Waals surface area contributed by atoms with Crippen molar-refractivity contribution in [3.63, 3.8) is 0 Å². The highest BCUT2D eigenvalue weighted by Crippen LogP contribution is 2.16. The minimum atomic E-state index is -0.955. The lowest BCUT2D eigenvalue weighted by molar-refractivity contribution is -0.152. The average Bonchev–Trinajstić information content (AvgIpc) is 3.05. The van der Waals surface area contributed by atoms with E-state index >= 15 is 0 Å². The molecule has 0 spiro atoms. The predicted octanol–water partition coefficient (Wildman–Crippen LogP) is 13.0. The number of hydrogen-bond acceptors (Lipinski definition) is 5. The number of aliphatic hydroxyl groups is 1. The quantitative estimate of drug-likeness (QED) is 0.0524. The summed E-state index contributed by atoms with van der Waals surface area (Å²) in [6.45, 7) is 6.70. The van der Waals surface area contributed by atoms with Crippen molar-refractivity contribution >= 4 is 11.9 Å². The van der Waals surface area contributed by atoms with Crippen molar-refractivity contribution in [3.8, 4) is 0 Å². The lowest BCUT2D eigenvalue weighted by Gasteiger charge is -2.12. The van der Waals surface area contributed by atoms with Crippen LogP contribution in [0.1, 0.15) is 233 Å². The highest BCUT2D eigenvalue weighted by molar-refractivity contribution is 5.69. The standard InChI is InChI=1S/C42H82O5/c1-4-5-6-7-8-9-10-11-17-20-23-26-29-32-35-41(44)46-37-40(43)38-47-42(45)36-33-30-27-24-21-18-15-13-12-14-16-19-22-25-28-31-34-39(2)3/h39-40,43H,4-38H2,1-3H3/t40-/m0/s1. The van der Waals surface area contributed by atoms with Gasteiger partial charge in [-0.1, -0.05) is 207 Å². The molecule has 280 valence electrons. The van der Waals surface area contributed by atoms with Crippen LogP contribution in [-0.2, 0) is 19.1 Å². The molecule has 0 unspecified atom stereocenters. The Hall–Kier alpha value is -1.10. The molecule has 0 rings (SSSR count). The second-order valence-electron chi connectivity index (χ2n) is 15.0. The Morgan fingerprint density at radius 1 is 0.426 bits per heavy atom. The van der Waals surface area contributed by atoms with Gasteiger partial charge in [-0.15, -0.1) is 0 Å². The highest BCUT2D eigenvalue weighted by Gasteiger charge is 2.12. The molecule has 47 heavy (non-hydrogen) atoms. The number of unbranched alkanes of at least 4 members (excludes halogenated alkanes) is 28. The van der Waals surface area contributed by atoms with Crippen molar-refractivity contribution in [2.24, 2.45) is 5.92 Å². The van der Waals surface area contributed by atoms with Crippen LogP contribution in [0.15, 0.2) is 0 Å². The second-order valence-corrected chi connectivity index (χ2v) is 15.0. The summed E-state index contributed by atoms with van der Waals surface area (Å²) in [5.41, 5.74) is 0. The van der Waals surface area contributed by atoms with Crippen LogP contribution in [0.4, 0.5) is 0 Å². The maximum absolute atomic E-state index is 12.0. The van der Waals surface area contributed by atoms with E-state index in [9.17, 15) is 14.7 Å². The van der Waals surface area contributed by atoms with Gasteiger partial charge in [0, 0.05) is 12.8 Å². The first-order valence-electron chi connectivity index (χ1n) is 20.9. The molecule has 0 saturated heterocycles. The van der Waals surface area contributed by atoms with E-state index in [4.69, 9.17) is 9.47 Å². The molecule has 0 amide bonds. The summed E-state index contributed by atoms with van der Waals surface area (Å²) in [7, 11) is 0. The Bertz CT molecular complexity index is 649. The van der Waals surface area contributed by atoms with Gasteiger partial charge in [-0.2, -0.15) is 0 Å². The van der Waals surface area contributed by atoms with Crippen LogP contribution in [0, 0.1) is 5.92 Å². The average molecular weight is 667 g/mol. The Kier molecular flexibility index (Phi) is 36.8. The number of esters is 2. The van der Waals surface area contributed by atoms with E-state index in [1.165, 1.54) is 173 Å². The first-order chi connectivity index (χ1) is 23.0. The zero-order chi connectivity index (χ0) is 34.5. The van der Waals surface area contributed by atoms with Gasteiger partial charge in [-0.05, 0) is 18.8 Å².